The zero-order valence-corrected chi connectivity index (χ0v) is 11.8. The zero-order valence-electron chi connectivity index (χ0n) is 11.8. The predicted octanol–water partition coefficient (Wildman–Crippen LogP) is 3.20. The van der Waals surface area contributed by atoms with Crippen LogP contribution in [0.2, 0.25) is 0 Å². The van der Waals surface area contributed by atoms with Crippen molar-refractivity contribution in [2.75, 3.05) is 18.9 Å². The Labute approximate surface area is 110 Å². The number of hydrogen-bond donors (Lipinski definition) is 2. The third kappa shape index (κ3) is 3.76. The average molecular weight is 248 g/mol. The molecule has 2 N–H and O–H groups in total. The van der Waals surface area contributed by atoms with E-state index in [-0.39, 0.29) is 5.91 Å². The normalized spacial score (nSPS) is 10.5. The third-order valence-electron chi connectivity index (χ3n) is 3.46. The van der Waals surface area contributed by atoms with Gasteiger partial charge < -0.3 is 10.6 Å². The van der Waals surface area contributed by atoms with Crippen LogP contribution in [0.25, 0.3) is 0 Å². The van der Waals surface area contributed by atoms with Gasteiger partial charge in [0.2, 0.25) is 0 Å². The molecule has 0 aliphatic carbocycles. The number of rotatable bonds is 6. The van der Waals surface area contributed by atoms with Crippen molar-refractivity contribution in [1.82, 2.24) is 5.32 Å². The van der Waals surface area contributed by atoms with Crippen LogP contribution in [-0.2, 0) is 0 Å². The van der Waals surface area contributed by atoms with Crippen molar-refractivity contribution in [3.63, 3.8) is 0 Å². The zero-order chi connectivity index (χ0) is 13.5. The quantitative estimate of drug-likeness (QED) is 0.811. The minimum absolute atomic E-state index is 0.0411. The summed E-state index contributed by atoms with van der Waals surface area (Å²) in [5.74, 6) is 0.647. The molecule has 0 unspecified atom stereocenters. The molecule has 1 aromatic carbocycles. The Kier molecular flexibility index (Phi) is 5.69. The average Bonchev–Trinajstić information content (AvgIpc) is 2.40. The van der Waals surface area contributed by atoms with Crippen LogP contribution in [-0.4, -0.2) is 19.5 Å². The summed E-state index contributed by atoms with van der Waals surface area (Å²) in [6.07, 6.45) is 2.36. The lowest BCUT2D eigenvalue weighted by molar-refractivity contribution is 0.0963. The van der Waals surface area contributed by atoms with Crippen molar-refractivity contribution in [2.45, 2.75) is 33.6 Å². The van der Waals surface area contributed by atoms with Crippen LogP contribution in [0.5, 0.6) is 0 Å². The molecule has 1 aromatic rings. The molecule has 0 aliphatic heterocycles. The summed E-state index contributed by atoms with van der Waals surface area (Å²) in [4.78, 5) is 11.6. The second-order valence-corrected chi connectivity index (χ2v) is 4.67. The number of amides is 1. The number of anilines is 1. The van der Waals surface area contributed by atoms with Crippen LogP contribution in [0.4, 0.5) is 5.69 Å². The van der Waals surface area contributed by atoms with E-state index in [1.807, 2.05) is 18.2 Å². The van der Waals surface area contributed by atoms with Gasteiger partial charge in [0.1, 0.15) is 0 Å². The molecule has 0 bridgehead atoms. The molecule has 100 valence electrons. The number of hydrogen-bond acceptors (Lipinski definition) is 2. The van der Waals surface area contributed by atoms with Gasteiger partial charge in [0.05, 0.1) is 0 Å². The third-order valence-corrected chi connectivity index (χ3v) is 3.46. The van der Waals surface area contributed by atoms with Crippen LogP contribution < -0.4 is 10.6 Å². The molecule has 18 heavy (non-hydrogen) atoms. The van der Waals surface area contributed by atoms with E-state index in [1.165, 1.54) is 18.4 Å². The molecule has 0 saturated carbocycles. The monoisotopic (exact) mass is 248 g/mol. The second-order valence-electron chi connectivity index (χ2n) is 4.67. The van der Waals surface area contributed by atoms with Crippen molar-refractivity contribution in [1.29, 1.82) is 0 Å². The summed E-state index contributed by atoms with van der Waals surface area (Å²) >= 11 is 0. The van der Waals surface area contributed by atoms with E-state index in [2.05, 4.69) is 31.4 Å². The van der Waals surface area contributed by atoms with Crippen molar-refractivity contribution >= 4 is 11.6 Å². The summed E-state index contributed by atoms with van der Waals surface area (Å²) in [6, 6.07) is 5.77. The Bertz CT molecular complexity index is 397. The van der Waals surface area contributed by atoms with Gasteiger partial charge >= 0.3 is 0 Å². The molecular formula is C15H24N2O. The van der Waals surface area contributed by atoms with Crippen molar-refractivity contribution in [3.05, 3.63) is 29.3 Å². The molecule has 0 spiro atoms. The fourth-order valence-corrected chi connectivity index (χ4v) is 1.93. The first kappa shape index (κ1) is 14.6. The molecule has 0 heterocycles. The lowest BCUT2D eigenvalue weighted by Crippen LogP contribution is -2.18. The largest absolute Gasteiger partial charge is 0.385 e. The molecule has 0 aliphatic rings. The summed E-state index contributed by atoms with van der Waals surface area (Å²) in [5.41, 5.74) is 2.94. The highest BCUT2D eigenvalue weighted by atomic mass is 16.1. The van der Waals surface area contributed by atoms with Gasteiger partial charge in [-0.15, -0.1) is 0 Å². The van der Waals surface area contributed by atoms with Crippen LogP contribution in [0, 0.1) is 12.8 Å². The van der Waals surface area contributed by atoms with Crippen LogP contribution in [0.1, 0.15) is 42.6 Å². The summed E-state index contributed by atoms with van der Waals surface area (Å²) < 4.78 is 0. The first-order valence-corrected chi connectivity index (χ1v) is 6.68. The Morgan fingerprint density at radius 3 is 2.50 bits per heavy atom. The molecule has 1 amide bonds. The molecule has 0 aromatic heterocycles. The molecule has 0 saturated heterocycles. The summed E-state index contributed by atoms with van der Waals surface area (Å²) in [7, 11) is 1.65. The van der Waals surface area contributed by atoms with Gasteiger partial charge in [-0.3, -0.25) is 4.79 Å². The van der Waals surface area contributed by atoms with E-state index in [0.717, 1.165) is 12.2 Å². The molecular weight excluding hydrogens is 224 g/mol. The maximum atomic E-state index is 11.6. The lowest BCUT2D eigenvalue weighted by atomic mass is 10.0. The Morgan fingerprint density at radius 1 is 1.28 bits per heavy atom. The first-order chi connectivity index (χ1) is 8.62. The molecule has 1 rings (SSSR count). The smallest absolute Gasteiger partial charge is 0.251 e. The van der Waals surface area contributed by atoms with Crippen LogP contribution >= 0.6 is 0 Å². The number of nitrogens with one attached hydrogen (secondary N) is 2. The van der Waals surface area contributed by atoms with E-state index >= 15 is 0 Å². The minimum Gasteiger partial charge on any atom is -0.385 e. The van der Waals surface area contributed by atoms with Crippen molar-refractivity contribution in [3.8, 4) is 0 Å². The molecule has 3 nitrogen and oxygen atoms in total. The van der Waals surface area contributed by atoms with E-state index in [9.17, 15) is 4.79 Å². The molecule has 3 heteroatoms. The lowest BCUT2D eigenvalue weighted by Gasteiger charge is -2.16. The van der Waals surface area contributed by atoms with Gasteiger partial charge in [-0.05, 0) is 30.5 Å². The van der Waals surface area contributed by atoms with Gasteiger partial charge in [0, 0.05) is 24.8 Å². The Balaban J connectivity index is 2.78. The Morgan fingerprint density at radius 2 is 1.94 bits per heavy atom. The van der Waals surface area contributed by atoms with E-state index in [1.54, 1.807) is 7.05 Å². The van der Waals surface area contributed by atoms with E-state index in [0.29, 0.717) is 11.5 Å². The number of carbonyl (C=O) groups is 1. The molecule has 0 radical (unpaired) electrons. The maximum absolute atomic E-state index is 11.6. The van der Waals surface area contributed by atoms with Crippen LogP contribution in [0.3, 0.4) is 0 Å². The van der Waals surface area contributed by atoms with Crippen molar-refractivity contribution < 1.29 is 4.79 Å². The van der Waals surface area contributed by atoms with Gasteiger partial charge in [-0.2, -0.15) is 0 Å². The SMILES string of the molecule is CCC(CC)CNc1cc(C(=O)NC)ccc1C. The van der Waals surface area contributed by atoms with Crippen LogP contribution in [0.15, 0.2) is 18.2 Å². The maximum Gasteiger partial charge on any atom is 0.251 e. The molecule has 0 fully saturated rings. The standard InChI is InChI=1S/C15H24N2O/c1-5-12(6-2)10-17-14-9-13(15(18)16-4)8-7-11(14)3/h7-9,12,17H,5-6,10H2,1-4H3,(H,16,18). The highest BCUT2D eigenvalue weighted by Crippen LogP contribution is 2.18. The van der Waals surface area contributed by atoms with Gasteiger partial charge in [-0.25, -0.2) is 0 Å². The summed E-state index contributed by atoms with van der Waals surface area (Å²) in [5, 5.41) is 6.10. The molecule has 0 atom stereocenters. The number of benzene rings is 1. The van der Waals surface area contributed by atoms with Gasteiger partial charge in [-0.1, -0.05) is 32.8 Å². The fourth-order valence-electron chi connectivity index (χ4n) is 1.93. The topological polar surface area (TPSA) is 41.1 Å². The summed E-state index contributed by atoms with van der Waals surface area (Å²) in [6.45, 7) is 7.45. The van der Waals surface area contributed by atoms with E-state index in [4.69, 9.17) is 0 Å². The second kappa shape index (κ2) is 7.04. The number of aryl methyl sites for hydroxylation is 1. The fraction of sp³-hybridized carbons (Fsp3) is 0.533. The highest BCUT2D eigenvalue weighted by Gasteiger charge is 2.08. The number of carbonyl (C=O) groups excluding carboxylic acids is 1. The highest BCUT2D eigenvalue weighted by molar-refractivity contribution is 5.95. The van der Waals surface area contributed by atoms with Gasteiger partial charge in [0.15, 0.2) is 0 Å². The van der Waals surface area contributed by atoms with Gasteiger partial charge in [0.25, 0.3) is 5.91 Å². The first-order valence-electron chi connectivity index (χ1n) is 6.68. The minimum atomic E-state index is -0.0411. The van der Waals surface area contributed by atoms with E-state index < -0.39 is 0 Å². The predicted molar refractivity (Wildman–Crippen MR) is 77.1 cm³/mol. The van der Waals surface area contributed by atoms with Crippen molar-refractivity contribution in [2.24, 2.45) is 5.92 Å². The Hall–Kier alpha value is -1.51.